The van der Waals surface area contributed by atoms with Crippen molar-refractivity contribution in [1.29, 1.82) is 0 Å². The number of nitrogens with zero attached hydrogens (tertiary/aromatic N) is 2. The Morgan fingerprint density at radius 1 is 0.544 bits per heavy atom. The summed E-state index contributed by atoms with van der Waals surface area (Å²) in [5.74, 6) is -1.75. The molecule has 3 aliphatic rings. The molecule has 6 N–H and O–H groups in total. The van der Waals surface area contributed by atoms with Gasteiger partial charge in [0.1, 0.15) is 0 Å². The number of aromatic amines is 4. The standard InChI is InChI=1S/C46H54N6O4.CH4/c1-11-27-23(7)39-41-25(9)29(13-3)43(51-41)44-30(14-4)26(10)42(52-44)40-24(8)28(12-2)36(50-40)20-34-22(6)32(16-18-38(55)56)46(48-34)45-31(15-17-37(53)54)21(5)33(47-45)19-35(27)49-39;/h19-20,47-50H,11-18H2,1-10H3,(H,53,54)(H,55,56);1H4. The number of aliphatic carboxylic acids is 2. The zero-order valence-electron chi connectivity index (χ0n) is 34.4. The monoisotopic (exact) mass is 770 g/mol. The number of aliphatic imine (C=N–C) groups is 2. The lowest BCUT2D eigenvalue weighted by molar-refractivity contribution is -0.138. The normalized spacial score (nSPS) is 14.8. The average molecular weight is 771 g/mol. The van der Waals surface area contributed by atoms with Gasteiger partial charge in [-0.05, 0) is 159 Å². The lowest BCUT2D eigenvalue weighted by Crippen LogP contribution is -2.07. The van der Waals surface area contributed by atoms with Crippen LogP contribution >= 0.6 is 0 Å². The van der Waals surface area contributed by atoms with E-state index in [1.54, 1.807) is 0 Å². The fourth-order valence-corrected chi connectivity index (χ4v) is 9.26. The number of allylic oxidation sites excluding steroid dienone is 4. The number of fused-ring (bicyclic) bond motifs is 12. The number of hydrogen-bond acceptors (Lipinski definition) is 4. The van der Waals surface area contributed by atoms with Crippen molar-refractivity contribution in [1.82, 2.24) is 19.9 Å². The number of carboxylic acid groups (broad SMARTS) is 2. The van der Waals surface area contributed by atoms with Crippen LogP contribution in [-0.4, -0.2) is 53.5 Å². The molecular weight excluding hydrogens is 713 g/mol. The van der Waals surface area contributed by atoms with Crippen LogP contribution in [0.5, 0.6) is 0 Å². The first-order chi connectivity index (χ1) is 26.7. The van der Waals surface area contributed by atoms with E-state index < -0.39 is 11.9 Å². The molecule has 0 fully saturated rings. The largest absolute Gasteiger partial charge is 0.481 e. The van der Waals surface area contributed by atoms with Crippen molar-refractivity contribution in [2.45, 2.75) is 128 Å². The van der Waals surface area contributed by atoms with Gasteiger partial charge >= 0.3 is 11.9 Å². The summed E-state index contributed by atoms with van der Waals surface area (Å²) < 4.78 is 0. The predicted molar refractivity (Wildman–Crippen MR) is 230 cm³/mol. The first kappa shape index (κ1) is 41.0. The molecule has 0 saturated heterocycles. The minimum Gasteiger partial charge on any atom is -0.481 e. The highest BCUT2D eigenvalue weighted by atomic mass is 16.4. The van der Waals surface area contributed by atoms with Crippen LogP contribution in [0.15, 0.2) is 43.7 Å². The lowest BCUT2D eigenvalue weighted by atomic mass is 9.96. The molecular formula is C47H58N6O4. The average Bonchev–Trinajstić information content (AvgIpc) is 3.97. The van der Waals surface area contributed by atoms with Gasteiger partial charge in [0.2, 0.25) is 0 Å². The molecule has 57 heavy (non-hydrogen) atoms. The van der Waals surface area contributed by atoms with Crippen LogP contribution in [-0.2, 0) is 35.3 Å². The third-order valence-corrected chi connectivity index (χ3v) is 12.4. The first-order valence-corrected chi connectivity index (χ1v) is 20.1. The summed E-state index contributed by atoms with van der Waals surface area (Å²) in [5.41, 5.74) is 20.8. The molecule has 7 heterocycles. The zero-order chi connectivity index (χ0) is 40.3. The Kier molecular flexibility index (Phi) is 11.3. The Bertz CT molecular complexity index is 2560. The van der Waals surface area contributed by atoms with Crippen molar-refractivity contribution in [3.05, 3.63) is 122 Å². The molecule has 300 valence electrons. The molecule has 4 aromatic rings. The molecule has 12 bridgehead atoms. The molecule has 0 aromatic carbocycles. The Morgan fingerprint density at radius 3 is 1.23 bits per heavy atom. The van der Waals surface area contributed by atoms with E-state index in [-0.39, 0.29) is 20.3 Å². The number of rotatable bonds is 10. The zero-order valence-corrected chi connectivity index (χ0v) is 34.4. The molecule has 0 atom stereocenters. The van der Waals surface area contributed by atoms with Crippen molar-refractivity contribution in [2.24, 2.45) is 9.98 Å². The smallest absolute Gasteiger partial charge is 0.303 e. The Morgan fingerprint density at radius 2 is 0.912 bits per heavy atom. The lowest BCUT2D eigenvalue weighted by Gasteiger charge is -2.07. The highest BCUT2D eigenvalue weighted by Crippen LogP contribution is 2.41. The summed E-state index contributed by atoms with van der Waals surface area (Å²) >= 11 is 0. The van der Waals surface area contributed by atoms with Gasteiger partial charge in [0.15, 0.2) is 0 Å². The number of carboxylic acids is 2. The van der Waals surface area contributed by atoms with E-state index in [2.05, 4.69) is 87.5 Å². The summed E-state index contributed by atoms with van der Waals surface area (Å²) in [6, 6.07) is 0. The van der Waals surface area contributed by atoms with Gasteiger partial charge < -0.3 is 30.1 Å². The van der Waals surface area contributed by atoms with Gasteiger partial charge in [0, 0.05) is 34.9 Å². The van der Waals surface area contributed by atoms with Crippen molar-refractivity contribution >= 4 is 35.5 Å². The molecule has 7 rings (SSSR count). The second-order valence-corrected chi connectivity index (χ2v) is 15.4. The highest BCUT2D eigenvalue weighted by Gasteiger charge is 2.32. The summed E-state index contributed by atoms with van der Waals surface area (Å²) in [6.07, 6.45) is 8.10. The molecule has 0 saturated carbocycles. The van der Waals surface area contributed by atoms with Crippen LogP contribution in [0, 0.1) is 38.4 Å². The van der Waals surface area contributed by atoms with Crippen molar-refractivity contribution in [2.75, 3.05) is 0 Å². The maximum Gasteiger partial charge on any atom is 0.303 e. The van der Waals surface area contributed by atoms with Crippen LogP contribution in [0.2, 0.25) is 0 Å². The maximum atomic E-state index is 12.0. The number of aromatic nitrogens is 4. The van der Waals surface area contributed by atoms with E-state index in [1.165, 1.54) is 22.3 Å². The Labute approximate surface area is 334 Å². The predicted octanol–water partition coefficient (Wildman–Crippen LogP) is 8.26. The summed E-state index contributed by atoms with van der Waals surface area (Å²) in [7, 11) is 0. The fraction of sp³-hybridized carbons (Fsp3) is 0.404. The second kappa shape index (κ2) is 15.7. The van der Waals surface area contributed by atoms with E-state index in [4.69, 9.17) is 9.98 Å². The minimum atomic E-state index is -0.874. The summed E-state index contributed by atoms with van der Waals surface area (Å²) in [6.45, 7) is 21.5. The highest BCUT2D eigenvalue weighted by molar-refractivity contribution is 6.18. The third kappa shape index (κ3) is 6.72. The van der Waals surface area contributed by atoms with E-state index in [1.807, 2.05) is 13.8 Å². The molecule has 0 spiro atoms. The van der Waals surface area contributed by atoms with Crippen LogP contribution in [0.25, 0.3) is 12.2 Å². The molecule has 0 amide bonds. The van der Waals surface area contributed by atoms with Gasteiger partial charge in [-0.25, -0.2) is 9.98 Å². The SMILES string of the molecule is C.CCC1=C(C)C2=NC1=C1N=C(C(C)=C1CC)c1[nH]c(c(CC)c1C)C=c1[nH]c(c(CCC(=O)O)c1C)=c1[nH]c(c(C)c1CCC(=O)O)=Cc1[nH]c2c(C)c1CC. The van der Waals surface area contributed by atoms with Crippen molar-refractivity contribution < 1.29 is 19.8 Å². The summed E-state index contributed by atoms with van der Waals surface area (Å²) in [5, 5.41) is 22.9. The molecule has 4 aromatic heterocycles. The van der Waals surface area contributed by atoms with Gasteiger partial charge in [-0.1, -0.05) is 35.1 Å². The molecule has 0 unspecified atom stereocenters. The summed E-state index contributed by atoms with van der Waals surface area (Å²) in [4.78, 5) is 49.8. The van der Waals surface area contributed by atoms with Gasteiger partial charge in [0.25, 0.3) is 0 Å². The number of H-pyrrole nitrogens is 4. The van der Waals surface area contributed by atoms with Gasteiger partial charge in [0.05, 0.1) is 44.9 Å². The fourth-order valence-electron chi connectivity index (χ4n) is 9.26. The topological polar surface area (TPSA) is 162 Å². The van der Waals surface area contributed by atoms with Crippen LogP contribution < -0.4 is 10.7 Å². The van der Waals surface area contributed by atoms with Crippen LogP contribution in [0.3, 0.4) is 0 Å². The second-order valence-electron chi connectivity index (χ2n) is 15.4. The van der Waals surface area contributed by atoms with E-state index >= 15 is 0 Å². The molecule has 10 heteroatoms. The van der Waals surface area contributed by atoms with E-state index in [0.717, 1.165) is 137 Å². The molecule has 10 nitrogen and oxygen atoms in total. The number of carbonyl (C=O) groups is 2. The Hall–Kier alpha value is -5.64. The van der Waals surface area contributed by atoms with Gasteiger partial charge in [-0.15, -0.1) is 0 Å². The van der Waals surface area contributed by atoms with E-state index in [9.17, 15) is 19.8 Å². The van der Waals surface area contributed by atoms with Gasteiger partial charge in [-0.3, -0.25) is 9.59 Å². The number of hydrogen-bond donors (Lipinski definition) is 6. The quantitative estimate of drug-likeness (QED) is 0.0958. The van der Waals surface area contributed by atoms with Gasteiger partial charge in [-0.2, -0.15) is 0 Å². The first-order valence-electron chi connectivity index (χ1n) is 20.1. The molecule has 0 aliphatic carbocycles. The molecule has 0 radical (unpaired) electrons. The van der Waals surface area contributed by atoms with Crippen molar-refractivity contribution in [3.8, 4) is 0 Å². The maximum absolute atomic E-state index is 12.0. The molecule has 3 aliphatic heterocycles. The number of nitrogens with one attached hydrogen (secondary N) is 4. The van der Waals surface area contributed by atoms with E-state index in [0.29, 0.717) is 12.8 Å². The third-order valence-electron chi connectivity index (χ3n) is 12.4. The van der Waals surface area contributed by atoms with Crippen LogP contribution in [0.1, 0.15) is 142 Å². The Balaban J connectivity index is 0.00000549. The van der Waals surface area contributed by atoms with Crippen molar-refractivity contribution in [3.63, 3.8) is 0 Å². The van der Waals surface area contributed by atoms with Crippen LogP contribution in [0.4, 0.5) is 0 Å². The minimum absolute atomic E-state index is 0.